The standard InChI is InChI=1S/C21H19FN4O.C2HF3O2/c1-25-18-9-15-11-26(21(27)14-5-3-7-23-10-14)12-17(15)19(18)20(24-25)13-4-2-6-16(22)8-13;3-2(4,5)1(6)7/h2-8,10,15,17H,9,11-12H2,1H3;(H,6,7)/t15-,17+;/m1./s1. The lowest BCUT2D eigenvalue weighted by atomic mass is 9.94. The van der Waals surface area contributed by atoms with Crippen molar-refractivity contribution in [2.45, 2.75) is 18.5 Å². The van der Waals surface area contributed by atoms with E-state index >= 15 is 0 Å². The fourth-order valence-corrected chi connectivity index (χ4v) is 4.55. The van der Waals surface area contributed by atoms with Gasteiger partial charge in [0.25, 0.3) is 5.91 Å². The predicted molar refractivity (Wildman–Crippen MR) is 112 cm³/mol. The number of pyridine rings is 1. The molecule has 178 valence electrons. The first-order valence-electron chi connectivity index (χ1n) is 10.4. The van der Waals surface area contributed by atoms with Crippen LogP contribution in [0.3, 0.4) is 0 Å². The van der Waals surface area contributed by atoms with Gasteiger partial charge in [0.1, 0.15) is 5.82 Å². The third-order valence-electron chi connectivity index (χ3n) is 6.01. The minimum atomic E-state index is -5.08. The molecule has 2 aliphatic rings. The number of carboxylic acid groups (broad SMARTS) is 1. The van der Waals surface area contributed by atoms with Gasteiger partial charge >= 0.3 is 12.1 Å². The Bertz CT molecular complexity index is 1230. The van der Waals surface area contributed by atoms with Gasteiger partial charge in [-0.1, -0.05) is 12.1 Å². The van der Waals surface area contributed by atoms with Gasteiger partial charge in [-0.2, -0.15) is 18.3 Å². The maximum absolute atomic E-state index is 13.7. The van der Waals surface area contributed by atoms with E-state index in [4.69, 9.17) is 9.90 Å². The van der Waals surface area contributed by atoms with Crippen molar-refractivity contribution in [2.24, 2.45) is 13.0 Å². The molecule has 0 bridgehead atoms. The summed E-state index contributed by atoms with van der Waals surface area (Å²) in [5, 5.41) is 11.8. The van der Waals surface area contributed by atoms with Gasteiger partial charge in [0.2, 0.25) is 0 Å². The molecule has 11 heteroatoms. The van der Waals surface area contributed by atoms with Crippen LogP contribution in [0.5, 0.6) is 0 Å². The molecule has 0 radical (unpaired) electrons. The quantitative estimate of drug-likeness (QED) is 0.571. The molecule has 3 aromatic rings. The molecular formula is C23H20F4N4O3. The number of aliphatic carboxylic acids is 1. The second-order valence-electron chi connectivity index (χ2n) is 8.17. The number of halogens is 4. The van der Waals surface area contributed by atoms with Crippen LogP contribution in [-0.4, -0.2) is 55.9 Å². The normalized spacial score (nSPS) is 18.7. The van der Waals surface area contributed by atoms with Crippen LogP contribution < -0.4 is 0 Å². The fraction of sp³-hybridized carbons (Fsp3) is 0.304. The van der Waals surface area contributed by atoms with Crippen molar-refractivity contribution in [2.75, 3.05) is 13.1 Å². The maximum atomic E-state index is 13.7. The molecule has 1 aromatic carbocycles. The third kappa shape index (κ3) is 4.50. The van der Waals surface area contributed by atoms with Crippen molar-refractivity contribution in [3.8, 4) is 11.3 Å². The van der Waals surface area contributed by atoms with E-state index in [1.54, 1.807) is 30.6 Å². The second-order valence-corrected chi connectivity index (χ2v) is 8.17. The Morgan fingerprint density at radius 2 is 1.88 bits per heavy atom. The Morgan fingerprint density at radius 3 is 2.50 bits per heavy atom. The summed E-state index contributed by atoms with van der Waals surface area (Å²) in [4.78, 5) is 27.7. The number of likely N-dealkylation sites (tertiary alicyclic amines) is 1. The third-order valence-corrected chi connectivity index (χ3v) is 6.01. The van der Waals surface area contributed by atoms with E-state index in [1.165, 1.54) is 23.4 Å². The highest BCUT2D eigenvalue weighted by Crippen LogP contribution is 2.47. The molecule has 2 atom stereocenters. The second kappa shape index (κ2) is 8.88. The van der Waals surface area contributed by atoms with Gasteiger partial charge in [-0.3, -0.25) is 14.5 Å². The Hall–Kier alpha value is -3.76. The van der Waals surface area contributed by atoms with Crippen molar-refractivity contribution in [3.63, 3.8) is 0 Å². The summed E-state index contributed by atoms with van der Waals surface area (Å²) in [6, 6.07) is 10.2. The molecule has 2 aromatic heterocycles. The molecule has 0 unspecified atom stereocenters. The molecular weight excluding hydrogens is 456 g/mol. The first-order chi connectivity index (χ1) is 16.1. The minimum Gasteiger partial charge on any atom is -0.475 e. The monoisotopic (exact) mass is 476 g/mol. The Balaban J connectivity index is 0.000000344. The van der Waals surface area contributed by atoms with Gasteiger partial charge in [0, 0.05) is 55.3 Å². The fourth-order valence-electron chi connectivity index (χ4n) is 4.55. The molecule has 1 aliphatic carbocycles. The number of carbonyl (C=O) groups excluding carboxylic acids is 1. The van der Waals surface area contributed by atoms with Crippen molar-refractivity contribution >= 4 is 11.9 Å². The highest BCUT2D eigenvalue weighted by Gasteiger charge is 2.45. The summed E-state index contributed by atoms with van der Waals surface area (Å²) in [5.41, 5.74) is 4.64. The lowest BCUT2D eigenvalue weighted by Gasteiger charge is -2.17. The molecule has 1 amide bonds. The summed E-state index contributed by atoms with van der Waals surface area (Å²) in [6.07, 6.45) is -0.900. The lowest BCUT2D eigenvalue weighted by Crippen LogP contribution is -2.29. The van der Waals surface area contributed by atoms with Crippen molar-refractivity contribution in [1.29, 1.82) is 0 Å². The molecule has 1 N–H and O–H groups in total. The van der Waals surface area contributed by atoms with E-state index in [0.717, 1.165) is 24.2 Å². The largest absolute Gasteiger partial charge is 0.490 e. The number of nitrogens with zero attached hydrogens (tertiary/aromatic N) is 4. The molecule has 1 saturated heterocycles. The molecule has 5 rings (SSSR count). The van der Waals surface area contributed by atoms with Gasteiger partial charge in [-0.15, -0.1) is 0 Å². The summed E-state index contributed by atoms with van der Waals surface area (Å²) < 4.78 is 47.4. The number of rotatable bonds is 2. The van der Waals surface area contributed by atoms with Crippen LogP contribution in [0.1, 0.15) is 27.5 Å². The van der Waals surface area contributed by atoms with Gasteiger partial charge in [-0.25, -0.2) is 9.18 Å². The maximum Gasteiger partial charge on any atom is 0.490 e. The first-order valence-corrected chi connectivity index (χ1v) is 10.4. The van der Waals surface area contributed by atoms with Gasteiger partial charge in [0.05, 0.1) is 11.3 Å². The summed E-state index contributed by atoms with van der Waals surface area (Å²) in [6.45, 7) is 1.40. The van der Waals surface area contributed by atoms with E-state index in [1.807, 2.05) is 22.7 Å². The van der Waals surface area contributed by atoms with E-state index in [-0.39, 0.29) is 17.6 Å². The van der Waals surface area contributed by atoms with Crippen LogP contribution in [0, 0.1) is 11.7 Å². The summed E-state index contributed by atoms with van der Waals surface area (Å²) in [7, 11) is 1.95. The van der Waals surface area contributed by atoms with Gasteiger partial charge < -0.3 is 10.0 Å². The van der Waals surface area contributed by atoms with Crippen LogP contribution in [-0.2, 0) is 18.3 Å². The van der Waals surface area contributed by atoms with Crippen LogP contribution >= 0.6 is 0 Å². The first kappa shape index (κ1) is 23.4. The van der Waals surface area contributed by atoms with E-state index in [2.05, 4.69) is 10.1 Å². The number of aromatic nitrogens is 3. The van der Waals surface area contributed by atoms with Crippen molar-refractivity contribution < 1.29 is 32.3 Å². The van der Waals surface area contributed by atoms with Crippen LogP contribution in [0.15, 0.2) is 48.8 Å². The molecule has 34 heavy (non-hydrogen) atoms. The van der Waals surface area contributed by atoms with Gasteiger partial charge in [-0.05, 0) is 36.6 Å². The SMILES string of the molecule is Cn1nc(-c2cccc(F)c2)c2c1C[C@@H]1CN(C(=O)c3cccnc3)C[C@H]21.O=C(O)C(F)(F)F. The predicted octanol–water partition coefficient (Wildman–Crippen LogP) is 3.67. The number of amides is 1. The number of alkyl halides is 3. The van der Waals surface area contributed by atoms with Crippen LogP contribution in [0.2, 0.25) is 0 Å². The zero-order valence-electron chi connectivity index (χ0n) is 18.0. The minimum absolute atomic E-state index is 0.0234. The van der Waals surface area contributed by atoms with Crippen LogP contribution in [0.4, 0.5) is 17.6 Å². The summed E-state index contributed by atoms with van der Waals surface area (Å²) >= 11 is 0. The average molecular weight is 476 g/mol. The average Bonchev–Trinajstić information content (AvgIpc) is 3.44. The number of carbonyl (C=O) groups is 2. The molecule has 1 fully saturated rings. The van der Waals surface area contributed by atoms with E-state index < -0.39 is 12.1 Å². The van der Waals surface area contributed by atoms with E-state index in [0.29, 0.717) is 18.0 Å². The summed E-state index contributed by atoms with van der Waals surface area (Å²) in [5.74, 6) is -2.37. The number of fused-ring (bicyclic) bond motifs is 3. The topological polar surface area (TPSA) is 88.3 Å². The number of hydrogen-bond donors (Lipinski definition) is 1. The Morgan fingerprint density at radius 1 is 1.15 bits per heavy atom. The molecule has 0 saturated carbocycles. The zero-order valence-corrected chi connectivity index (χ0v) is 18.0. The molecule has 7 nitrogen and oxygen atoms in total. The smallest absolute Gasteiger partial charge is 0.475 e. The number of hydrogen-bond acceptors (Lipinski definition) is 4. The number of aryl methyl sites for hydroxylation is 1. The number of benzene rings is 1. The van der Waals surface area contributed by atoms with Crippen molar-refractivity contribution in [3.05, 3.63) is 71.4 Å². The Kier molecular flexibility index (Phi) is 6.11. The highest BCUT2D eigenvalue weighted by atomic mass is 19.4. The van der Waals surface area contributed by atoms with Crippen LogP contribution in [0.25, 0.3) is 11.3 Å². The molecule has 3 heterocycles. The molecule has 1 aliphatic heterocycles. The molecule has 0 spiro atoms. The Labute approximate surface area is 191 Å². The zero-order chi connectivity index (χ0) is 24.6. The lowest BCUT2D eigenvalue weighted by molar-refractivity contribution is -0.192. The van der Waals surface area contributed by atoms with Crippen molar-refractivity contribution in [1.82, 2.24) is 19.7 Å². The van der Waals surface area contributed by atoms with Gasteiger partial charge in [0.15, 0.2) is 0 Å². The van der Waals surface area contributed by atoms with E-state index in [9.17, 15) is 22.4 Å². The highest BCUT2D eigenvalue weighted by molar-refractivity contribution is 5.94. The number of carboxylic acids is 1.